The van der Waals surface area contributed by atoms with Crippen LogP contribution in [0.2, 0.25) is 0 Å². The van der Waals surface area contributed by atoms with Gasteiger partial charge in [0.1, 0.15) is 11.6 Å². The lowest BCUT2D eigenvalue weighted by Crippen LogP contribution is -2.35. The van der Waals surface area contributed by atoms with E-state index in [1.165, 1.54) is 12.8 Å². The molecule has 0 radical (unpaired) electrons. The molecular weight excluding hydrogens is 326 g/mol. The van der Waals surface area contributed by atoms with Gasteiger partial charge >= 0.3 is 0 Å². The van der Waals surface area contributed by atoms with Gasteiger partial charge in [0, 0.05) is 37.2 Å². The highest BCUT2D eigenvalue weighted by molar-refractivity contribution is 5.78. The highest BCUT2D eigenvalue weighted by atomic mass is 16.5. The molecule has 0 spiro atoms. The first-order chi connectivity index (χ1) is 12.7. The number of ether oxygens (including phenoxy) is 1. The molecule has 3 aromatic rings. The van der Waals surface area contributed by atoms with Crippen LogP contribution < -0.4 is 9.64 Å². The third-order valence-electron chi connectivity index (χ3n) is 4.83. The van der Waals surface area contributed by atoms with Crippen LogP contribution in [0.3, 0.4) is 0 Å². The summed E-state index contributed by atoms with van der Waals surface area (Å²) >= 11 is 0. The highest BCUT2D eigenvalue weighted by Crippen LogP contribution is 2.31. The molecule has 0 amide bonds. The predicted octanol–water partition coefficient (Wildman–Crippen LogP) is 3.78. The molecule has 0 bridgehead atoms. The first kappa shape index (κ1) is 16.6. The Morgan fingerprint density at radius 1 is 1.19 bits per heavy atom. The van der Waals surface area contributed by atoms with Crippen molar-refractivity contribution < 1.29 is 4.74 Å². The van der Waals surface area contributed by atoms with Gasteiger partial charge in [-0.3, -0.25) is 0 Å². The van der Waals surface area contributed by atoms with E-state index >= 15 is 0 Å². The Hall–Kier alpha value is -2.89. The second-order valence-electron chi connectivity index (χ2n) is 6.79. The number of methoxy groups -OCH3 is 1. The van der Waals surface area contributed by atoms with Crippen LogP contribution in [-0.4, -0.2) is 40.1 Å². The van der Waals surface area contributed by atoms with E-state index in [0.29, 0.717) is 5.92 Å². The van der Waals surface area contributed by atoms with Crippen molar-refractivity contribution in [2.75, 3.05) is 25.1 Å². The number of piperidine rings is 1. The molecule has 1 aliphatic heterocycles. The predicted molar refractivity (Wildman–Crippen MR) is 102 cm³/mol. The number of anilines is 1. The van der Waals surface area contributed by atoms with Crippen LogP contribution in [-0.2, 0) is 0 Å². The summed E-state index contributed by atoms with van der Waals surface area (Å²) in [6, 6.07) is 7.95. The van der Waals surface area contributed by atoms with Crippen LogP contribution in [0, 0.1) is 5.92 Å². The van der Waals surface area contributed by atoms with Crippen LogP contribution in [0.5, 0.6) is 5.75 Å². The highest BCUT2D eigenvalue weighted by Gasteiger charge is 2.21. The van der Waals surface area contributed by atoms with E-state index in [9.17, 15) is 0 Å². The summed E-state index contributed by atoms with van der Waals surface area (Å²) in [4.78, 5) is 19.4. The summed E-state index contributed by atoms with van der Waals surface area (Å²) in [5.41, 5.74) is 2.80. The zero-order valence-electron chi connectivity index (χ0n) is 15.1. The molecule has 134 valence electrons. The largest absolute Gasteiger partial charge is 0.497 e. The Labute approximate surface area is 153 Å². The Morgan fingerprint density at radius 2 is 2.04 bits per heavy atom. The molecule has 1 fully saturated rings. The van der Waals surface area contributed by atoms with E-state index < -0.39 is 0 Å². The number of benzene rings is 1. The van der Waals surface area contributed by atoms with Gasteiger partial charge in [0.05, 0.1) is 18.4 Å². The van der Waals surface area contributed by atoms with E-state index in [1.807, 2.05) is 36.7 Å². The van der Waals surface area contributed by atoms with Gasteiger partial charge in [-0.2, -0.15) is 0 Å². The van der Waals surface area contributed by atoms with Gasteiger partial charge in [-0.1, -0.05) is 6.92 Å². The Kier molecular flexibility index (Phi) is 4.56. The molecule has 1 N–H and O–H groups in total. The average molecular weight is 349 g/mol. The van der Waals surface area contributed by atoms with Gasteiger partial charge in [-0.05, 0) is 43.0 Å². The van der Waals surface area contributed by atoms with Gasteiger partial charge in [-0.15, -0.1) is 0 Å². The molecule has 26 heavy (non-hydrogen) atoms. The molecule has 4 rings (SSSR count). The Balaban J connectivity index is 1.77. The molecule has 6 heteroatoms. The molecule has 6 nitrogen and oxygen atoms in total. The summed E-state index contributed by atoms with van der Waals surface area (Å²) in [7, 11) is 1.67. The van der Waals surface area contributed by atoms with E-state index in [-0.39, 0.29) is 0 Å². The zero-order chi connectivity index (χ0) is 17.9. The maximum absolute atomic E-state index is 5.28. The van der Waals surface area contributed by atoms with Crippen LogP contribution in [0.15, 0.2) is 42.9 Å². The topological polar surface area (TPSA) is 66.9 Å². The molecule has 2 aromatic heterocycles. The van der Waals surface area contributed by atoms with Crippen LogP contribution in [0.4, 0.5) is 5.95 Å². The number of H-pyrrole nitrogens is 1. The smallest absolute Gasteiger partial charge is 0.225 e. The lowest BCUT2D eigenvalue weighted by Gasteiger charge is -2.31. The molecular formula is C20H23N5O. The van der Waals surface area contributed by atoms with E-state index in [4.69, 9.17) is 9.72 Å². The molecule has 1 atom stereocenters. The number of hydrogen-bond acceptors (Lipinski definition) is 5. The second-order valence-corrected chi connectivity index (χ2v) is 6.79. The summed E-state index contributed by atoms with van der Waals surface area (Å²) in [6.45, 7) is 4.29. The fraction of sp³-hybridized carbons (Fsp3) is 0.350. The van der Waals surface area contributed by atoms with E-state index in [2.05, 4.69) is 26.8 Å². The zero-order valence-corrected chi connectivity index (χ0v) is 15.1. The minimum atomic E-state index is 0.668. The number of hydrogen-bond donors (Lipinski definition) is 1. The minimum Gasteiger partial charge on any atom is -0.497 e. The van der Waals surface area contributed by atoms with Gasteiger partial charge in [-0.25, -0.2) is 15.0 Å². The van der Waals surface area contributed by atoms with Crippen molar-refractivity contribution in [3.63, 3.8) is 0 Å². The second kappa shape index (κ2) is 7.15. The molecule has 3 heterocycles. The van der Waals surface area contributed by atoms with Crippen LogP contribution in [0.25, 0.3) is 22.6 Å². The van der Waals surface area contributed by atoms with Gasteiger partial charge in [0.25, 0.3) is 0 Å². The molecule has 0 saturated carbocycles. The van der Waals surface area contributed by atoms with Crippen molar-refractivity contribution in [3.8, 4) is 28.4 Å². The summed E-state index contributed by atoms with van der Waals surface area (Å²) < 4.78 is 5.28. The number of aromatic nitrogens is 4. The van der Waals surface area contributed by atoms with Gasteiger partial charge < -0.3 is 14.6 Å². The van der Waals surface area contributed by atoms with Crippen LogP contribution >= 0.6 is 0 Å². The lowest BCUT2D eigenvalue weighted by molar-refractivity contribution is 0.415. The number of imidazole rings is 1. The van der Waals surface area contributed by atoms with Crippen molar-refractivity contribution in [2.24, 2.45) is 5.92 Å². The summed E-state index contributed by atoms with van der Waals surface area (Å²) in [6.07, 6.45) is 7.88. The number of rotatable bonds is 4. The SMILES string of the molecule is COc1ccc(-c2nc(N3CCC[C@H](C)C3)ncc2-c2ncc[nH]2)cc1. The average Bonchev–Trinajstić information content (AvgIpc) is 3.22. The summed E-state index contributed by atoms with van der Waals surface area (Å²) in [5, 5.41) is 0. The van der Waals surface area contributed by atoms with Gasteiger partial charge in [0.2, 0.25) is 5.95 Å². The number of aromatic amines is 1. The quantitative estimate of drug-likeness (QED) is 0.776. The molecule has 0 unspecified atom stereocenters. The van der Waals surface area contributed by atoms with E-state index in [1.54, 1.807) is 13.3 Å². The molecule has 0 aliphatic carbocycles. The minimum absolute atomic E-state index is 0.668. The van der Waals surface area contributed by atoms with Crippen molar-refractivity contribution in [1.82, 2.24) is 19.9 Å². The third kappa shape index (κ3) is 3.27. The van der Waals surface area contributed by atoms with Crippen molar-refractivity contribution in [2.45, 2.75) is 19.8 Å². The monoisotopic (exact) mass is 349 g/mol. The third-order valence-corrected chi connectivity index (χ3v) is 4.83. The molecule has 1 aliphatic rings. The Bertz CT molecular complexity index is 860. The Morgan fingerprint density at radius 3 is 2.73 bits per heavy atom. The molecule has 1 saturated heterocycles. The maximum Gasteiger partial charge on any atom is 0.225 e. The van der Waals surface area contributed by atoms with Crippen molar-refractivity contribution >= 4 is 5.95 Å². The van der Waals surface area contributed by atoms with Crippen molar-refractivity contribution in [1.29, 1.82) is 0 Å². The fourth-order valence-electron chi connectivity index (χ4n) is 3.45. The maximum atomic E-state index is 5.28. The van der Waals surface area contributed by atoms with E-state index in [0.717, 1.165) is 47.4 Å². The normalized spacial score (nSPS) is 17.3. The lowest BCUT2D eigenvalue weighted by atomic mass is 10.0. The summed E-state index contributed by atoms with van der Waals surface area (Å²) in [5.74, 6) is 3.06. The number of nitrogens with zero attached hydrogens (tertiary/aromatic N) is 4. The fourth-order valence-corrected chi connectivity index (χ4v) is 3.45. The number of nitrogens with one attached hydrogen (secondary N) is 1. The van der Waals surface area contributed by atoms with Crippen LogP contribution in [0.1, 0.15) is 19.8 Å². The van der Waals surface area contributed by atoms with Gasteiger partial charge in [0.15, 0.2) is 0 Å². The standard InChI is InChI=1S/C20H23N5O/c1-14-4-3-11-25(13-14)20-23-12-17(19-21-9-10-22-19)18(24-20)15-5-7-16(26-2)8-6-15/h5-10,12,14H,3-4,11,13H2,1-2H3,(H,21,22)/t14-/m0/s1. The molecule has 1 aromatic carbocycles. The van der Waals surface area contributed by atoms with Crippen molar-refractivity contribution in [3.05, 3.63) is 42.9 Å². The first-order valence-electron chi connectivity index (χ1n) is 9.01. The first-order valence-corrected chi connectivity index (χ1v) is 9.01.